The number of nitrogens with zero attached hydrogens (tertiary/aromatic N) is 1. The Balaban J connectivity index is 2.31. The Bertz CT molecular complexity index is 332. The third-order valence-electron chi connectivity index (χ3n) is 2.71. The molecule has 1 aliphatic heterocycles. The number of nitrogens with one attached hydrogen (secondary N) is 2. The molecule has 0 aliphatic carbocycles. The molecule has 1 heterocycles. The van der Waals surface area contributed by atoms with Crippen LogP contribution in [0.3, 0.4) is 0 Å². The molecule has 102 valence electrons. The second-order valence-corrected chi connectivity index (χ2v) is 4.24. The largest absolute Gasteiger partial charge is 0.383 e. The van der Waals surface area contributed by atoms with Gasteiger partial charge in [-0.1, -0.05) is 0 Å². The van der Waals surface area contributed by atoms with Crippen LogP contribution in [0.1, 0.15) is 6.42 Å². The molecule has 1 aliphatic rings. The van der Waals surface area contributed by atoms with Gasteiger partial charge in [0.05, 0.1) is 19.1 Å². The molecule has 0 aromatic rings. The summed E-state index contributed by atoms with van der Waals surface area (Å²) in [6.45, 7) is 1.20. The molecule has 0 aromatic carbocycles. The molecule has 1 fully saturated rings. The van der Waals surface area contributed by atoms with E-state index >= 15 is 0 Å². The molecule has 0 aromatic heterocycles. The first-order chi connectivity index (χ1) is 8.54. The maximum atomic E-state index is 11.9. The van der Waals surface area contributed by atoms with E-state index < -0.39 is 0 Å². The number of amides is 3. The van der Waals surface area contributed by atoms with Crippen molar-refractivity contribution in [1.29, 1.82) is 0 Å². The molecule has 3 amide bonds. The molecule has 0 spiro atoms. The minimum Gasteiger partial charge on any atom is -0.383 e. The zero-order chi connectivity index (χ0) is 13.5. The summed E-state index contributed by atoms with van der Waals surface area (Å²) < 4.78 is 4.80. The molecule has 2 N–H and O–H groups in total. The maximum absolute atomic E-state index is 11.9. The highest BCUT2D eigenvalue weighted by Crippen LogP contribution is 2.11. The SMILES string of the molecule is COCCNC(=O)CN(C)C(=O)C1CNC(=O)C1. The molecule has 7 nitrogen and oxygen atoms in total. The summed E-state index contributed by atoms with van der Waals surface area (Å²) in [5.74, 6) is -0.893. The number of methoxy groups -OCH3 is 1. The van der Waals surface area contributed by atoms with E-state index in [1.807, 2.05) is 0 Å². The fourth-order valence-corrected chi connectivity index (χ4v) is 1.73. The highest BCUT2D eigenvalue weighted by molar-refractivity contribution is 5.91. The fraction of sp³-hybridized carbons (Fsp3) is 0.727. The lowest BCUT2D eigenvalue weighted by Gasteiger charge is -2.19. The number of likely N-dealkylation sites (N-methyl/N-ethyl adjacent to an activating group) is 1. The van der Waals surface area contributed by atoms with Crippen molar-refractivity contribution in [2.45, 2.75) is 6.42 Å². The van der Waals surface area contributed by atoms with Gasteiger partial charge in [0.2, 0.25) is 17.7 Å². The highest BCUT2D eigenvalue weighted by Gasteiger charge is 2.30. The van der Waals surface area contributed by atoms with Gasteiger partial charge in [0.25, 0.3) is 0 Å². The van der Waals surface area contributed by atoms with E-state index in [1.54, 1.807) is 14.2 Å². The third kappa shape index (κ3) is 4.33. The van der Waals surface area contributed by atoms with Crippen molar-refractivity contribution in [2.24, 2.45) is 5.92 Å². The van der Waals surface area contributed by atoms with Gasteiger partial charge < -0.3 is 20.3 Å². The van der Waals surface area contributed by atoms with Gasteiger partial charge in [-0.05, 0) is 0 Å². The topological polar surface area (TPSA) is 87.7 Å². The Labute approximate surface area is 106 Å². The average molecular weight is 257 g/mol. The first-order valence-electron chi connectivity index (χ1n) is 5.82. The Morgan fingerprint density at radius 3 is 2.83 bits per heavy atom. The number of ether oxygens (including phenoxy) is 1. The lowest BCUT2D eigenvalue weighted by atomic mass is 10.1. The first kappa shape index (κ1) is 14.4. The molecule has 0 bridgehead atoms. The van der Waals surface area contributed by atoms with Crippen LogP contribution in [0.15, 0.2) is 0 Å². The molecular formula is C11H19N3O4. The van der Waals surface area contributed by atoms with E-state index in [0.717, 1.165) is 0 Å². The first-order valence-corrected chi connectivity index (χ1v) is 5.82. The van der Waals surface area contributed by atoms with Gasteiger partial charge in [0.1, 0.15) is 0 Å². The monoisotopic (exact) mass is 257 g/mol. The second kappa shape index (κ2) is 6.95. The molecule has 18 heavy (non-hydrogen) atoms. The lowest BCUT2D eigenvalue weighted by molar-refractivity contribution is -0.138. The van der Waals surface area contributed by atoms with E-state index in [-0.39, 0.29) is 36.6 Å². The van der Waals surface area contributed by atoms with Gasteiger partial charge in [-0.3, -0.25) is 14.4 Å². The van der Waals surface area contributed by atoms with Crippen LogP contribution in [0.5, 0.6) is 0 Å². The van der Waals surface area contributed by atoms with E-state index in [4.69, 9.17) is 4.74 Å². The van der Waals surface area contributed by atoms with Gasteiger partial charge in [-0.2, -0.15) is 0 Å². The predicted molar refractivity (Wildman–Crippen MR) is 63.6 cm³/mol. The van der Waals surface area contributed by atoms with Gasteiger partial charge in [-0.15, -0.1) is 0 Å². The summed E-state index contributed by atoms with van der Waals surface area (Å²) in [7, 11) is 3.10. The maximum Gasteiger partial charge on any atom is 0.239 e. The molecule has 7 heteroatoms. The Hall–Kier alpha value is -1.63. The van der Waals surface area contributed by atoms with Crippen LogP contribution in [0.4, 0.5) is 0 Å². The van der Waals surface area contributed by atoms with Crippen molar-refractivity contribution < 1.29 is 19.1 Å². The van der Waals surface area contributed by atoms with Crippen LogP contribution in [0.25, 0.3) is 0 Å². The molecule has 1 saturated heterocycles. The van der Waals surface area contributed by atoms with Crippen molar-refractivity contribution in [3.8, 4) is 0 Å². The number of carbonyl (C=O) groups excluding carboxylic acids is 3. The van der Waals surface area contributed by atoms with E-state index in [2.05, 4.69) is 10.6 Å². The fourth-order valence-electron chi connectivity index (χ4n) is 1.73. The normalized spacial score (nSPS) is 18.3. The molecule has 0 radical (unpaired) electrons. The van der Waals surface area contributed by atoms with E-state index in [9.17, 15) is 14.4 Å². The second-order valence-electron chi connectivity index (χ2n) is 4.24. The van der Waals surface area contributed by atoms with E-state index in [0.29, 0.717) is 19.7 Å². The average Bonchev–Trinajstić information content (AvgIpc) is 2.75. The van der Waals surface area contributed by atoms with Crippen molar-refractivity contribution >= 4 is 17.7 Å². The van der Waals surface area contributed by atoms with Gasteiger partial charge in [0.15, 0.2) is 0 Å². The Morgan fingerprint density at radius 2 is 2.28 bits per heavy atom. The zero-order valence-electron chi connectivity index (χ0n) is 10.7. The van der Waals surface area contributed by atoms with Crippen molar-refractivity contribution in [3.63, 3.8) is 0 Å². The molecular weight excluding hydrogens is 238 g/mol. The van der Waals surface area contributed by atoms with Gasteiger partial charge >= 0.3 is 0 Å². The molecule has 1 rings (SSSR count). The van der Waals surface area contributed by atoms with Crippen molar-refractivity contribution in [3.05, 3.63) is 0 Å². The molecule has 1 unspecified atom stereocenters. The summed E-state index contributed by atoms with van der Waals surface area (Å²) in [6, 6.07) is 0. The van der Waals surface area contributed by atoms with Crippen molar-refractivity contribution in [1.82, 2.24) is 15.5 Å². The zero-order valence-corrected chi connectivity index (χ0v) is 10.7. The highest BCUT2D eigenvalue weighted by atomic mass is 16.5. The van der Waals surface area contributed by atoms with Gasteiger partial charge in [-0.25, -0.2) is 0 Å². The van der Waals surface area contributed by atoms with Crippen LogP contribution in [0.2, 0.25) is 0 Å². The predicted octanol–water partition coefficient (Wildman–Crippen LogP) is -1.66. The summed E-state index contributed by atoms with van der Waals surface area (Å²) in [4.78, 5) is 35.7. The number of carbonyl (C=O) groups is 3. The molecule has 1 atom stereocenters. The Kier molecular flexibility index (Phi) is 5.57. The minimum absolute atomic E-state index is 0.00671. The Morgan fingerprint density at radius 1 is 1.56 bits per heavy atom. The summed E-state index contributed by atoms with van der Waals surface area (Å²) in [5.41, 5.74) is 0. The van der Waals surface area contributed by atoms with Crippen LogP contribution in [0, 0.1) is 5.92 Å². The summed E-state index contributed by atoms with van der Waals surface area (Å²) in [6.07, 6.45) is 0.203. The molecule has 0 saturated carbocycles. The number of hydrogen-bond acceptors (Lipinski definition) is 4. The van der Waals surface area contributed by atoms with E-state index in [1.165, 1.54) is 4.90 Å². The number of rotatable bonds is 6. The minimum atomic E-state index is -0.353. The third-order valence-corrected chi connectivity index (χ3v) is 2.71. The summed E-state index contributed by atoms with van der Waals surface area (Å²) in [5, 5.41) is 5.23. The van der Waals surface area contributed by atoms with Crippen LogP contribution < -0.4 is 10.6 Å². The number of hydrogen-bond donors (Lipinski definition) is 2. The van der Waals surface area contributed by atoms with Crippen molar-refractivity contribution in [2.75, 3.05) is 40.4 Å². The van der Waals surface area contributed by atoms with Gasteiger partial charge in [0, 0.05) is 33.7 Å². The smallest absolute Gasteiger partial charge is 0.239 e. The standard InChI is InChI=1S/C11H19N3O4/c1-14(7-10(16)12-3-4-18-2)11(17)8-5-9(15)13-6-8/h8H,3-7H2,1-2H3,(H,12,16)(H,13,15). The van der Waals surface area contributed by atoms with Crippen LogP contribution in [-0.4, -0.2) is 63.0 Å². The van der Waals surface area contributed by atoms with Crippen LogP contribution >= 0.6 is 0 Å². The lowest BCUT2D eigenvalue weighted by Crippen LogP contribution is -2.42. The quantitative estimate of drug-likeness (QED) is 0.558. The van der Waals surface area contributed by atoms with Crippen LogP contribution in [-0.2, 0) is 19.1 Å². The summed E-state index contributed by atoms with van der Waals surface area (Å²) >= 11 is 0.